The van der Waals surface area contributed by atoms with Crippen molar-refractivity contribution in [3.05, 3.63) is 144 Å². The van der Waals surface area contributed by atoms with Crippen molar-refractivity contribution in [2.75, 3.05) is 6.54 Å². The zero-order chi connectivity index (χ0) is 26.4. The van der Waals surface area contributed by atoms with Gasteiger partial charge in [-0.25, -0.2) is 4.79 Å². The summed E-state index contributed by atoms with van der Waals surface area (Å²) in [5.41, 5.74) is 3.86. The third kappa shape index (κ3) is 5.08. The average molecular weight is 504 g/mol. The van der Waals surface area contributed by atoms with Crippen molar-refractivity contribution in [2.24, 2.45) is 0 Å². The maximum absolute atomic E-state index is 13.2. The number of para-hydroxylation sites is 1. The molecule has 0 spiro atoms. The number of carbonyl (C=O) groups is 2. The molecule has 6 heteroatoms. The average Bonchev–Trinajstić information content (AvgIpc) is 3.37. The highest BCUT2D eigenvalue weighted by Crippen LogP contribution is 2.36. The third-order valence-corrected chi connectivity index (χ3v) is 6.87. The number of benzene rings is 4. The number of hydrogen-bond acceptors (Lipinski definition) is 3. The predicted molar refractivity (Wildman–Crippen MR) is 149 cm³/mol. The summed E-state index contributed by atoms with van der Waals surface area (Å²) in [6.07, 6.45) is 1.97. The number of carbonyl (C=O) groups excluding carboxylic acids is 1. The molecule has 190 valence electrons. The molecule has 1 heterocycles. The number of carboxylic acid groups (broad SMARTS) is 1. The molecule has 0 radical (unpaired) electrons. The van der Waals surface area contributed by atoms with Crippen LogP contribution < -0.4 is 10.6 Å². The van der Waals surface area contributed by atoms with E-state index in [0.29, 0.717) is 0 Å². The van der Waals surface area contributed by atoms with E-state index in [1.165, 1.54) is 0 Å². The van der Waals surface area contributed by atoms with E-state index in [1.54, 1.807) is 6.20 Å². The maximum atomic E-state index is 13.2. The van der Waals surface area contributed by atoms with Crippen LogP contribution in [-0.2, 0) is 21.5 Å². The van der Waals surface area contributed by atoms with Crippen LogP contribution in [0, 0.1) is 0 Å². The van der Waals surface area contributed by atoms with Gasteiger partial charge in [0.1, 0.15) is 6.04 Å². The van der Waals surface area contributed by atoms with Crippen LogP contribution in [0.3, 0.4) is 0 Å². The van der Waals surface area contributed by atoms with E-state index in [0.717, 1.165) is 33.2 Å². The Labute approximate surface area is 221 Å². The second-order valence-electron chi connectivity index (χ2n) is 9.22. The van der Waals surface area contributed by atoms with Gasteiger partial charge in [0.2, 0.25) is 5.91 Å². The molecule has 0 saturated heterocycles. The van der Waals surface area contributed by atoms with Gasteiger partial charge in [0.05, 0.1) is 12.1 Å². The number of nitrogens with one attached hydrogen (secondary N) is 3. The molecule has 0 aliphatic rings. The van der Waals surface area contributed by atoms with Gasteiger partial charge in [-0.3, -0.25) is 10.1 Å². The highest BCUT2D eigenvalue weighted by molar-refractivity contribution is 5.87. The molecule has 1 unspecified atom stereocenters. The van der Waals surface area contributed by atoms with Crippen LogP contribution in [0.5, 0.6) is 0 Å². The van der Waals surface area contributed by atoms with Gasteiger partial charge < -0.3 is 15.4 Å². The summed E-state index contributed by atoms with van der Waals surface area (Å²) >= 11 is 0. The van der Waals surface area contributed by atoms with Crippen molar-refractivity contribution in [1.29, 1.82) is 0 Å². The molecule has 0 aliphatic heterocycles. The first-order chi connectivity index (χ1) is 18.6. The summed E-state index contributed by atoms with van der Waals surface area (Å²) < 4.78 is 0. The van der Waals surface area contributed by atoms with Gasteiger partial charge in [-0.15, -0.1) is 0 Å². The van der Waals surface area contributed by atoms with Crippen LogP contribution in [0.1, 0.15) is 22.3 Å². The van der Waals surface area contributed by atoms with Crippen LogP contribution in [0.4, 0.5) is 0 Å². The lowest BCUT2D eigenvalue weighted by Gasteiger charge is -2.37. The van der Waals surface area contributed by atoms with Crippen LogP contribution in [0.15, 0.2) is 121 Å². The molecule has 0 fully saturated rings. The van der Waals surface area contributed by atoms with Crippen LogP contribution in [0.25, 0.3) is 10.9 Å². The first kappa shape index (κ1) is 25.0. The van der Waals surface area contributed by atoms with Gasteiger partial charge in [0, 0.05) is 23.5 Å². The van der Waals surface area contributed by atoms with Crippen molar-refractivity contribution >= 4 is 22.8 Å². The highest BCUT2D eigenvalue weighted by Gasteiger charge is 2.36. The molecule has 38 heavy (non-hydrogen) atoms. The minimum atomic E-state index is -1.08. The Morgan fingerprint density at radius 2 is 1.24 bits per heavy atom. The van der Waals surface area contributed by atoms with Crippen LogP contribution in [0.2, 0.25) is 0 Å². The van der Waals surface area contributed by atoms with Gasteiger partial charge in [0.25, 0.3) is 0 Å². The lowest BCUT2D eigenvalue weighted by atomic mass is 9.77. The van der Waals surface area contributed by atoms with Crippen molar-refractivity contribution in [1.82, 2.24) is 15.6 Å². The number of hydrogen-bond donors (Lipinski definition) is 4. The van der Waals surface area contributed by atoms with E-state index in [4.69, 9.17) is 0 Å². The third-order valence-electron chi connectivity index (χ3n) is 6.87. The number of aromatic nitrogens is 1. The molecule has 0 aliphatic carbocycles. The van der Waals surface area contributed by atoms with E-state index in [2.05, 4.69) is 15.6 Å². The largest absolute Gasteiger partial charge is 0.480 e. The van der Waals surface area contributed by atoms with Crippen molar-refractivity contribution in [3.8, 4) is 0 Å². The fraction of sp³-hybridized carbons (Fsp3) is 0.125. The zero-order valence-corrected chi connectivity index (χ0v) is 20.8. The maximum Gasteiger partial charge on any atom is 0.326 e. The molecule has 1 amide bonds. The fourth-order valence-electron chi connectivity index (χ4n) is 5.05. The predicted octanol–water partition coefficient (Wildman–Crippen LogP) is 4.86. The quantitative estimate of drug-likeness (QED) is 0.205. The number of aliphatic carboxylic acids is 1. The van der Waals surface area contributed by atoms with Gasteiger partial charge in [0.15, 0.2) is 0 Å². The fourth-order valence-corrected chi connectivity index (χ4v) is 5.05. The second kappa shape index (κ2) is 11.2. The first-order valence-electron chi connectivity index (χ1n) is 12.6. The molecule has 6 nitrogen and oxygen atoms in total. The summed E-state index contributed by atoms with van der Waals surface area (Å²) in [5, 5.41) is 17.1. The Balaban J connectivity index is 1.43. The van der Waals surface area contributed by atoms with Crippen molar-refractivity contribution in [2.45, 2.75) is 18.0 Å². The number of amides is 1. The molecule has 0 bridgehead atoms. The summed E-state index contributed by atoms with van der Waals surface area (Å²) in [6.45, 7) is -0.0870. The molecule has 4 N–H and O–H groups in total. The minimum absolute atomic E-state index is 0.0870. The monoisotopic (exact) mass is 503 g/mol. The SMILES string of the molecule is O=C(CNC(c1ccccc1)(c1ccccc1)c1ccccc1)NC(Cc1c[nH]c2ccccc12)C(=O)O. The lowest BCUT2D eigenvalue weighted by molar-refractivity contribution is -0.141. The van der Waals surface area contributed by atoms with Crippen molar-refractivity contribution in [3.63, 3.8) is 0 Å². The molecule has 4 aromatic carbocycles. The summed E-state index contributed by atoms with van der Waals surface area (Å²) in [7, 11) is 0. The number of aromatic amines is 1. The van der Waals surface area contributed by atoms with Crippen molar-refractivity contribution < 1.29 is 14.7 Å². The van der Waals surface area contributed by atoms with E-state index in [-0.39, 0.29) is 13.0 Å². The number of rotatable bonds is 10. The Bertz CT molecular complexity index is 1420. The van der Waals surface area contributed by atoms with E-state index in [9.17, 15) is 14.7 Å². The molecular weight excluding hydrogens is 474 g/mol. The van der Waals surface area contributed by atoms with Gasteiger partial charge >= 0.3 is 5.97 Å². The first-order valence-corrected chi connectivity index (χ1v) is 12.6. The molecular formula is C32H29N3O3. The summed E-state index contributed by atoms with van der Waals surface area (Å²) in [5.74, 6) is -1.48. The molecule has 1 aromatic heterocycles. The number of fused-ring (bicyclic) bond motifs is 1. The van der Waals surface area contributed by atoms with E-state index >= 15 is 0 Å². The molecule has 5 aromatic rings. The Morgan fingerprint density at radius 3 is 1.76 bits per heavy atom. The molecule has 5 rings (SSSR count). The summed E-state index contributed by atoms with van der Waals surface area (Å²) in [4.78, 5) is 28.5. The second-order valence-corrected chi connectivity index (χ2v) is 9.22. The number of carboxylic acids is 1. The molecule has 1 atom stereocenters. The Morgan fingerprint density at radius 1 is 0.737 bits per heavy atom. The van der Waals surface area contributed by atoms with E-state index in [1.807, 2.05) is 115 Å². The van der Waals surface area contributed by atoms with Gasteiger partial charge in [-0.1, -0.05) is 109 Å². The Hall–Kier alpha value is -4.68. The van der Waals surface area contributed by atoms with Gasteiger partial charge in [-0.2, -0.15) is 0 Å². The topological polar surface area (TPSA) is 94.2 Å². The van der Waals surface area contributed by atoms with Crippen LogP contribution in [-0.4, -0.2) is 34.6 Å². The number of H-pyrrole nitrogens is 1. The zero-order valence-electron chi connectivity index (χ0n) is 20.8. The lowest BCUT2D eigenvalue weighted by Crippen LogP contribution is -2.51. The summed E-state index contributed by atoms with van der Waals surface area (Å²) in [6, 6.07) is 36.5. The Kier molecular flexibility index (Phi) is 7.33. The smallest absolute Gasteiger partial charge is 0.326 e. The highest BCUT2D eigenvalue weighted by atomic mass is 16.4. The normalized spacial score (nSPS) is 12.2. The van der Waals surface area contributed by atoms with E-state index < -0.39 is 23.5 Å². The standard InChI is InChI=1S/C32H29N3O3/c36-30(35-29(31(37)38)20-23-21-33-28-19-11-10-18-27(23)28)22-34-32(24-12-4-1-5-13-24,25-14-6-2-7-15-25)26-16-8-3-9-17-26/h1-19,21,29,33-34H,20,22H2,(H,35,36)(H,37,38). The minimum Gasteiger partial charge on any atom is -0.480 e. The van der Waals surface area contributed by atoms with Gasteiger partial charge in [-0.05, 0) is 28.3 Å². The van der Waals surface area contributed by atoms with Crippen LogP contribution >= 0.6 is 0 Å². The molecule has 0 saturated carbocycles.